The summed E-state index contributed by atoms with van der Waals surface area (Å²) in [4.78, 5) is 42.0. The first-order chi connectivity index (χ1) is 11.7. The normalized spacial score (nSPS) is 35.0. The highest BCUT2D eigenvalue weighted by molar-refractivity contribution is 6.24. The van der Waals surface area contributed by atoms with Gasteiger partial charge in [0.2, 0.25) is 11.8 Å². The van der Waals surface area contributed by atoms with Gasteiger partial charge in [0.05, 0.1) is 23.6 Å². The van der Waals surface area contributed by atoms with Crippen molar-refractivity contribution in [2.45, 2.75) is 24.9 Å². The summed E-state index contributed by atoms with van der Waals surface area (Å²) < 4.78 is 0. The molecular weight excluding hydrogens is 304 g/mol. The summed E-state index contributed by atoms with van der Waals surface area (Å²) >= 11 is 0. The van der Waals surface area contributed by atoms with Gasteiger partial charge < -0.3 is 0 Å². The van der Waals surface area contributed by atoms with Crippen molar-refractivity contribution in [1.82, 2.24) is 4.90 Å². The molecule has 5 heteroatoms. The Kier molecular flexibility index (Phi) is 2.86. The second kappa shape index (κ2) is 4.86. The molecule has 1 saturated carbocycles. The van der Waals surface area contributed by atoms with Crippen LogP contribution < -0.4 is 4.90 Å². The minimum Gasteiger partial charge on any atom is -0.293 e. The van der Waals surface area contributed by atoms with Gasteiger partial charge >= 0.3 is 0 Å². The van der Waals surface area contributed by atoms with E-state index in [4.69, 9.17) is 0 Å². The zero-order chi connectivity index (χ0) is 16.4. The third kappa shape index (κ3) is 1.82. The van der Waals surface area contributed by atoms with Gasteiger partial charge in [-0.1, -0.05) is 24.3 Å². The van der Waals surface area contributed by atoms with Crippen LogP contribution in [0.25, 0.3) is 0 Å². The molecule has 4 unspecified atom stereocenters. The summed E-state index contributed by atoms with van der Waals surface area (Å²) in [6.45, 7) is 0.824. The number of rotatable bonds is 3. The minimum absolute atomic E-state index is 0.0320. The van der Waals surface area contributed by atoms with Gasteiger partial charge in [0, 0.05) is 12.6 Å². The van der Waals surface area contributed by atoms with Gasteiger partial charge in [-0.2, -0.15) is 0 Å². The van der Waals surface area contributed by atoms with E-state index in [2.05, 4.69) is 4.90 Å². The Morgan fingerprint density at radius 1 is 0.958 bits per heavy atom. The number of nitrogens with zero attached hydrogens (tertiary/aromatic N) is 2. The first-order valence-corrected chi connectivity index (χ1v) is 8.57. The first-order valence-electron chi connectivity index (χ1n) is 8.57. The Balaban J connectivity index is 1.54. The number of para-hydroxylation sites is 1. The summed E-state index contributed by atoms with van der Waals surface area (Å²) in [7, 11) is 0. The summed E-state index contributed by atoms with van der Waals surface area (Å²) in [6.07, 6.45) is 5.78. The van der Waals surface area contributed by atoms with Gasteiger partial charge in [-0.25, -0.2) is 4.90 Å². The first kappa shape index (κ1) is 14.1. The van der Waals surface area contributed by atoms with E-state index in [0.717, 1.165) is 6.54 Å². The monoisotopic (exact) mass is 322 g/mol. The molecule has 3 fully saturated rings. The Morgan fingerprint density at radius 3 is 2.38 bits per heavy atom. The molecule has 3 heterocycles. The fourth-order valence-corrected chi connectivity index (χ4v) is 4.53. The van der Waals surface area contributed by atoms with Gasteiger partial charge in [-0.15, -0.1) is 0 Å². The van der Waals surface area contributed by atoms with E-state index in [1.165, 1.54) is 17.7 Å². The molecule has 2 amide bonds. The van der Waals surface area contributed by atoms with E-state index < -0.39 is 17.9 Å². The lowest BCUT2D eigenvalue weighted by Gasteiger charge is -2.33. The number of amides is 2. The molecule has 4 aliphatic rings. The van der Waals surface area contributed by atoms with Crippen molar-refractivity contribution in [2.75, 3.05) is 11.4 Å². The number of hydrogen-bond donors (Lipinski definition) is 0. The molecule has 0 radical (unpaired) electrons. The van der Waals surface area contributed by atoms with Gasteiger partial charge in [0.15, 0.2) is 5.78 Å². The highest BCUT2D eigenvalue weighted by Crippen LogP contribution is 2.48. The maximum Gasteiger partial charge on any atom is 0.239 e. The second-order valence-electron chi connectivity index (χ2n) is 7.24. The van der Waals surface area contributed by atoms with Crippen LogP contribution in [0.5, 0.6) is 0 Å². The van der Waals surface area contributed by atoms with Crippen molar-refractivity contribution in [1.29, 1.82) is 0 Å². The fraction of sp³-hybridized carbons (Fsp3) is 0.421. The van der Waals surface area contributed by atoms with Crippen LogP contribution in [0.3, 0.4) is 0 Å². The van der Waals surface area contributed by atoms with E-state index in [1.54, 1.807) is 18.2 Å². The van der Waals surface area contributed by atoms with Crippen LogP contribution in [0.4, 0.5) is 5.69 Å². The number of carbonyl (C=O) groups excluding carboxylic acids is 3. The zero-order valence-electron chi connectivity index (χ0n) is 13.2. The fourth-order valence-electron chi connectivity index (χ4n) is 4.53. The van der Waals surface area contributed by atoms with Gasteiger partial charge in [0.25, 0.3) is 0 Å². The van der Waals surface area contributed by atoms with Crippen LogP contribution >= 0.6 is 0 Å². The molecule has 2 bridgehead atoms. The van der Waals surface area contributed by atoms with Crippen molar-refractivity contribution >= 4 is 23.3 Å². The summed E-state index contributed by atoms with van der Waals surface area (Å²) in [5.41, 5.74) is 0.602. The third-order valence-electron chi connectivity index (χ3n) is 5.78. The topological polar surface area (TPSA) is 57.7 Å². The van der Waals surface area contributed by atoms with E-state index >= 15 is 0 Å². The molecule has 3 aliphatic heterocycles. The largest absolute Gasteiger partial charge is 0.293 e. The zero-order valence-corrected chi connectivity index (χ0v) is 13.2. The SMILES string of the molecule is O=C1C=CC2C3C(=O)N(c4ccccc4)C(=O)C3C1N2CC1CC1. The molecular formula is C19H18N2O3. The lowest BCUT2D eigenvalue weighted by Crippen LogP contribution is -2.49. The van der Waals surface area contributed by atoms with Crippen LogP contribution in [0, 0.1) is 17.8 Å². The predicted octanol–water partition coefficient (Wildman–Crippen LogP) is 1.39. The smallest absolute Gasteiger partial charge is 0.239 e. The summed E-state index contributed by atoms with van der Waals surface area (Å²) in [6, 6.07) is 8.44. The predicted molar refractivity (Wildman–Crippen MR) is 87.1 cm³/mol. The maximum absolute atomic E-state index is 13.0. The van der Waals surface area contributed by atoms with Crippen LogP contribution in [-0.2, 0) is 14.4 Å². The molecule has 0 N–H and O–H groups in total. The van der Waals surface area contributed by atoms with Gasteiger partial charge in [-0.05, 0) is 37.0 Å². The molecule has 4 atom stereocenters. The minimum atomic E-state index is -0.538. The molecule has 122 valence electrons. The van der Waals surface area contributed by atoms with Gasteiger partial charge in [-0.3, -0.25) is 19.3 Å². The Hall–Kier alpha value is -2.27. The number of fused-ring (bicyclic) bond motifs is 5. The second-order valence-corrected chi connectivity index (χ2v) is 7.24. The molecule has 5 rings (SSSR count). The van der Waals surface area contributed by atoms with Crippen molar-refractivity contribution in [3.63, 3.8) is 0 Å². The molecule has 1 aliphatic carbocycles. The number of benzene rings is 1. The van der Waals surface area contributed by atoms with E-state index in [-0.39, 0.29) is 23.6 Å². The molecule has 1 aromatic rings. The molecule has 0 aromatic heterocycles. The van der Waals surface area contributed by atoms with E-state index in [0.29, 0.717) is 11.6 Å². The average Bonchev–Trinajstić information content (AvgIpc) is 3.30. The highest BCUT2D eigenvalue weighted by atomic mass is 16.2. The van der Waals surface area contributed by atoms with E-state index in [9.17, 15) is 14.4 Å². The Bertz CT molecular complexity index is 768. The number of anilines is 1. The number of carbonyl (C=O) groups is 3. The molecule has 5 nitrogen and oxygen atoms in total. The lowest BCUT2D eigenvalue weighted by molar-refractivity contribution is -0.128. The van der Waals surface area contributed by atoms with Crippen molar-refractivity contribution in [3.8, 4) is 0 Å². The van der Waals surface area contributed by atoms with Crippen LogP contribution in [0.1, 0.15) is 12.8 Å². The Labute approximate surface area is 139 Å². The maximum atomic E-state index is 13.0. The third-order valence-corrected chi connectivity index (χ3v) is 5.78. The van der Waals surface area contributed by atoms with Crippen molar-refractivity contribution in [2.24, 2.45) is 17.8 Å². The average molecular weight is 322 g/mol. The van der Waals surface area contributed by atoms with Gasteiger partial charge in [0.1, 0.15) is 0 Å². The molecule has 2 saturated heterocycles. The lowest BCUT2D eigenvalue weighted by atomic mass is 9.90. The molecule has 0 spiro atoms. The quantitative estimate of drug-likeness (QED) is 0.789. The van der Waals surface area contributed by atoms with Crippen molar-refractivity contribution in [3.05, 3.63) is 42.5 Å². The Morgan fingerprint density at radius 2 is 1.67 bits per heavy atom. The summed E-state index contributed by atoms with van der Waals surface area (Å²) in [5, 5.41) is 0. The molecule has 1 aromatic carbocycles. The molecule has 24 heavy (non-hydrogen) atoms. The summed E-state index contributed by atoms with van der Waals surface area (Å²) in [5.74, 6) is -0.766. The van der Waals surface area contributed by atoms with Crippen LogP contribution in [0.15, 0.2) is 42.5 Å². The number of ketones is 1. The van der Waals surface area contributed by atoms with Crippen LogP contribution in [0.2, 0.25) is 0 Å². The van der Waals surface area contributed by atoms with E-state index in [1.807, 2.05) is 24.3 Å². The standard InChI is InChI=1S/C19H18N2O3/c22-14-9-8-13-15-16(17(14)20(13)10-11-6-7-11)19(24)21(18(15)23)12-4-2-1-3-5-12/h1-5,8-9,11,13,15-17H,6-7,10H2. The van der Waals surface area contributed by atoms with Crippen LogP contribution in [-0.4, -0.2) is 41.1 Å². The van der Waals surface area contributed by atoms with Crippen molar-refractivity contribution < 1.29 is 14.4 Å². The number of imide groups is 1. The number of hydrogen-bond acceptors (Lipinski definition) is 4. The highest BCUT2D eigenvalue weighted by Gasteiger charge is 2.64.